The van der Waals surface area contributed by atoms with Gasteiger partial charge in [0.1, 0.15) is 18.0 Å². The summed E-state index contributed by atoms with van der Waals surface area (Å²) < 4.78 is 7.69. The second kappa shape index (κ2) is 8.39. The standard InChI is InChI=1S/C24H24N6O2/c1-16-13-29(14-17(2)32-16)22-9-7-18(11-25-22)24(31)28-19-8-10-23(26-12-19)30-15-27-20-5-3-4-6-21(20)30/h3-12,15-17H,13-14H2,1-2H3,(H,28,31). The lowest BCUT2D eigenvalue weighted by Crippen LogP contribution is -2.45. The van der Waals surface area contributed by atoms with Gasteiger partial charge in [-0.1, -0.05) is 12.1 Å². The van der Waals surface area contributed by atoms with Gasteiger partial charge in [0, 0.05) is 19.3 Å². The number of carbonyl (C=O) groups is 1. The van der Waals surface area contributed by atoms with Crippen molar-refractivity contribution in [2.45, 2.75) is 26.1 Å². The largest absolute Gasteiger partial charge is 0.372 e. The lowest BCUT2D eigenvalue weighted by Gasteiger charge is -2.36. The van der Waals surface area contributed by atoms with Crippen LogP contribution in [0.4, 0.5) is 11.5 Å². The van der Waals surface area contributed by atoms with E-state index in [-0.39, 0.29) is 18.1 Å². The zero-order valence-corrected chi connectivity index (χ0v) is 18.0. The molecule has 8 heteroatoms. The summed E-state index contributed by atoms with van der Waals surface area (Å²) in [5.41, 5.74) is 2.99. The normalized spacial score (nSPS) is 18.6. The number of hydrogen-bond donors (Lipinski definition) is 1. The smallest absolute Gasteiger partial charge is 0.257 e. The molecular formula is C24H24N6O2. The van der Waals surface area contributed by atoms with Crippen molar-refractivity contribution in [2.24, 2.45) is 0 Å². The third kappa shape index (κ3) is 4.04. The van der Waals surface area contributed by atoms with Crippen LogP contribution in [0.2, 0.25) is 0 Å². The number of benzene rings is 1. The zero-order valence-electron chi connectivity index (χ0n) is 18.0. The molecule has 1 aliphatic rings. The highest BCUT2D eigenvalue weighted by Gasteiger charge is 2.23. The molecule has 162 valence electrons. The van der Waals surface area contributed by atoms with Gasteiger partial charge in [0.2, 0.25) is 0 Å². The number of aromatic nitrogens is 4. The average Bonchev–Trinajstić information content (AvgIpc) is 3.23. The molecule has 3 aromatic heterocycles. The molecule has 5 rings (SSSR count). The molecule has 0 bridgehead atoms. The molecule has 0 saturated carbocycles. The Morgan fingerprint density at radius 2 is 1.69 bits per heavy atom. The van der Waals surface area contributed by atoms with E-state index in [1.165, 1.54) is 0 Å². The van der Waals surface area contributed by atoms with Crippen molar-refractivity contribution >= 4 is 28.4 Å². The van der Waals surface area contributed by atoms with Crippen LogP contribution in [-0.2, 0) is 4.74 Å². The Hall–Kier alpha value is -3.78. The number of rotatable bonds is 4. The first kappa shape index (κ1) is 20.1. The van der Waals surface area contributed by atoms with Crippen LogP contribution in [0, 0.1) is 0 Å². The summed E-state index contributed by atoms with van der Waals surface area (Å²) in [6.07, 6.45) is 5.29. The lowest BCUT2D eigenvalue weighted by molar-refractivity contribution is -0.00546. The van der Waals surface area contributed by atoms with Gasteiger partial charge in [0.25, 0.3) is 5.91 Å². The maximum atomic E-state index is 12.7. The number of morpholine rings is 1. The summed E-state index contributed by atoms with van der Waals surface area (Å²) in [4.78, 5) is 28.2. The van der Waals surface area contributed by atoms with Gasteiger partial charge < -0.3 is 15.0 Å². The van der Waals surface area contributed by atoms with Crippen LogP contribution in [0.1, 0.15) is 24.2 Å². The fourth-order valence-corrected chi connectivity index (χ4v) is 4.02. The molecule has 2 atom stereocenters. The predicted octanol–water partition coefficient (Wildman–Crippen LogP) is 3.68. The maximum Gasteiger partial charge on any atom is 0.257 e. The van der Waals surface area contributed by atoms with Crippen LogP contribution in [-0.4, -0.2) is 50.7 Å². The molecule has 1 saturated heterocycles. The summed E-state index contributed by atoms with van der Waals surface area (Å²) in [6.45, 7) is 5.68. The van der Waals surface area contributed by atoms with E-state index >= 15 is 0 Å². The molecule has 4 heterocycles. The number of nitrogens with one attached hydrogen (secondary N) is 1. The predicted molar refractivity (Wildman–Crippen MR) is 123 cm³/mol. The second-order valence-corrected chi connectivity index (χ2v) is 8.03. The average molecular weight is 428 g/mol. The Labute approximate surface area is 185 Å². The number of fused-ring (bicyclic) bond motifs is 1. The van der Waals surface area contributed by atoms with Gasteiger partial charge in [0.05, 0.1) is 40.7 Å². The Morgan fingerprint density at radius 3 is 2.41 bits per heavy atom. The minimum Gasteiger partial charge on any atom is -0.372 e. The molecule has 32 heavy (non-hydrogen) atoms. The Balaban J connectivity index is 1.27. The van der Waals surface area contributed by atoms with Crippen molar-refractivity contribution in [1.82, 2.24) is 19.5 Å². The quantitative estimate of drug-likeness (QED) is 0.534. The SMILES string of the molecule is CC1CN(c2ccc(C(=O)Nc3ccc(-n4cnc5ccccc54)nc3)cn2)CC(C)O1. The topological polar surface area (TPSA) is 85.2 Å². The summed E-state index contributed by atoms with van der Waals surface area (Å²) in [6, 6.07) is 15.2. The Kier molecular flexibility index (Phi) is 5.28. The van der Waals surface area contributed by atoms with E-state index in [1.807, 2.05) is 47.0 Å². The first-order valence-electron chi connectivity index (χ1n) is 10.6. The van der Waals surface area contributed by atoms with Crippen LogP contribution in [0.25, 0.3) is 16.9 Å². The van der Waals surface area contributed by atoms with Crippen LogP contribution in [0.15, 0.2) is 67.3 Å². The fraction of sp³-hybridized carbons (Fsp3) is 0.250. The summed E-state index contributed by atoms with van der Waals surface area (Å²) in [5.74, 6) is 1.36. The number of amides is 1. The van der Waals surface area contributed by atoms with E-state index < -0.39 is 0 Å². The number of carbonyl (C=O) groups excluding carboxylic acids is 1. The molecular weight excluding hydrogens is 404 g/mol. The number of imidazole rings is 1. The Bertz CT molecular complexity index is 1230. The molecule has 1 N–H and O–H groups in total. The molecule has 0 aliphatic carbocycles. The van der Waals surface area contributed by atoms with E-state index in [2.05, 4.69) is 39.0 Å². The Morgan fingerprint density at radius 1 is 0.938 bits per heavy atom. The number of hydrogen-bond acceptors (Lipinski definition) is 6. The van der Waals surface area contributed by atoms with Crippen molar-refractivity contribution in [1.29, 1.82) is 0 Å². The van der Waals surface area contributed by atoms with E-state index in [4.69, 9.17) is 4.74 Å². The van der Waals surface area contributed by atoms with Gasteiger partial charge >= 0.3 is 0 Å². The summed E-state index contributed by atoms with van der Waals surface area (Å²) in [5, 5.41) is 2.88. The van der Waals surface area contributed by atoms with Crippen molar-refractivity contribution in [3.63, 3.8) is 0 Å². The zero-order chi connectivity index (χ0) is 22.1. The third-order valence-corrected chi connectivity index (χ3v) is 5.46. The molecule has 1 aromatic carbocycles. The van der Waals surface area contributed by atoms with Crippen molar-refractivity contribution < 1.29 is 9.53 Å². The summed E-state index contributed by atoms with van der Waals surface area (Å²) >= 11 is 0. The van der Waals surface area contributed by atoms with E-state index in [1.54, 1.807) is 24.8 Å². The highest BCUT2D eigenvalue weighted by atomic mass is 16.5. The van der Waals surface area contributed by atoms with Gasteiger partial charge in [-0.3, -0.25) is 9.36 Å². The molecule has 1 fully saturated rings. The van der Waals surface area contributed by atoms with Gasteiger partial charge in [-0.15, -0.1) is 0 Å². The van der Waals surface area contributed by atoms with E-state index in [0.29, 0.717) is 11.3 Å². The summed E-state index contributed by atoms with van der Waals surface area (Å²) in [7, 11) is 0. The van der Waals surface area contributed by atoms with Crippen molar-refractivity contribution in [2.75, 3.05) is 23.3 Å². The molecule has 1 amide bonds. The highest BCUT2D eigenvalue weighted by molar-refractivity contribution is 6.04. The van der Waals surface area contributed by atoms with Gasteiger partial charge in [-0.25, -0.2) is 15.0 Å². The number of anilines is 2. The van der Waals surface area contributed by atoms with Crippen LogP contribution >= 0.6 is 0 Å². The monoisotopic (exact) mass is 428 g/mol. The van der Waals surface area contributed by atoms with Crippen molar-refractivity contribution in [3.05, 3.63) is 72.8 Å². The van der Waals surface area contributed by atoms with Crippen LogP contribution in [0.3, 0.4) is 0 Å². The molecule has 1 aliphatic heterocycles. The molecule has 0 spiro atoms. The number of ether oxygens (including phenoxy) is 1. The van der Waals surface area contributed by atoms with Gasteiger partial charge in [-0.2, -0.15) is 0 Å². The minimum atomic E-state index is -0.226. The van der Waals surface area contributed by atoms with E-state index in [9.17, 15) is 4.79 Å². The molecule has 8 nitrogen and oxygen atoms in total. The lowest BCUT2D eigenvalue weighted by atomic mass is 10.2. The first-order valence-corrected chi connectivity index (χ1v) is 10.6. The number of para-hydroxylation sites is 2. The highest BCUT2D eigenvalue weighted by Crippen LogP contribution is 2.20. The fourth-order valence-electron chi connectivity index (χ4n) is 4.02. The first-order chi connectivity index (χ1) is 15.6. The van der Waals surface area contributed by atoms with Crippen LogP contribution in [0.5, 0.6) is 0 Å². The molecule has 2 unspecified atom stereocenters. The minimum absolute atomic E-state index is 0.152. The molecule has 0 radical (unpaired) electrons. The van der Waals surface area contributed by atoms with Gasteiger partial charge in [0.15, 0.2) is 0 Å². The molecule has 4 aromatic rings. The maximum absolute atomic E-state index is 12.7. The van der Waals surface area contributed by atoms with Crippen molar-refractivity contribution in [3.8, 4) is 5.82 Å². The second-order valence-electron chi connectivity index (χ2n) is 8.03. The number of pyridine rings is 2. The van der Waals surface area contributed by atoms with Crippen LogP contribution < -0.4 is 10.2 Å². The van der Waals surface area contributed by atoms with E-state index in [0.717, 1.165) is 35.8 Å². The third-order valence-electron chi connectivity index (χ3n) is 5.46. The van der Waals surface area contributed by atoms with Gasteiger partial charge in [-0.05, 0) is 50.2 Å². The number of nitrogens with zero attached hydrogens (tertiary/aromatic N) is 5.